The Morgan fingerprint density at radius 1 is 1.19 bits per heavy atom. The van der Waals surface area contributed by atoms with E-state index < -0.39 is 0 Å². The van der Waals surface area contributed by atoms with Gasteiger partial charge in [-0.1, -0.05) is 31.4 Å². The summed E-state index contributed by atoms with van der Waals surface area (Å²) in [6.07, 6.45) is 6.39. The second-order valence-electron chi connectivity index (χ2n) is 4.43. The highest BCUT2D eigenvalue weighted by molar-refractivity contribution is 5.88. The van der Waals surface area contributed by atoms with Crippen LogP contribution < -0.4 is 5.32 Å². The number of anilines is 1. The van der Waals surface area contributed by atoms with E-state index in [2.05, 4.69) is 17.4 Å². The summed E-state index contributed by atoms with van der Waals surface area (Å²) in [6.45, 7) is 1.54. The second-order valence-corrected chi connectivity index (χ2v) is 4.43. The fraction of sp³-hybridized carbons (Fsp3) is 0.429. The number of carbonyl (C=O) groups is 1. The number of benzene rings is 1. The Morgan fingerprint density at radius 2 is 1.94 bits per heavy atom. The van der Waals surface area contributed by atoms with Gasteiger partial charge in [0.05, 0.1) is 0 Å². The van der Waals surface area contributed by atoms with Crippen molar-refractivity contribution < 1.29 is 4.79 Å². The fourth-order valence-electron chi connectivity index (χ4n) is 2.29. The van der Waals surface area contributed by atoms with E-state index in [0.717, 1.165) is 5.69 Å². The molecule has 1 fully saturated rings. The van der Waals surface area contributed by atoms with Gasteiger partial charge in [0.1, 0.15) is 0 Å². The molecule has 0 unspecified atom stereocenters. The van der Waals surface area contributed by atoms with Crippen LogP contribution in [0.3, 0.4) is 0 Å². The summed E-state index contributed by atoms with van der Waals surface area (Å²) in [6, 6.07) is 8.19. The molecular weight excluding hydrogens is 198 g/mol. The maximum atomic E-state index is 11.0. The summed E-state index contributed by atoms with van der Waals surface area (Å²) in [5.74, 6) is 1.53. The van der Waals surface area contributed by atoms with Crippen molar-refractivity contribution in [2.75, 3.05) is 5.32 Å². The molecule has 1 aromatic rings. The zero-order chi connectivity index (χ0) is 11.4. The van der Waals surface area contributed by atoms with Crippen LogP contribution in [0.4, 0.5) is 5.69 Å². The average Bonchev–Trinajstić information content (AvgIpc) is 2.30. The van der Waals surface area contributed by atoms with Gasteiger partial charge in [0, 0.05) is 18.5 Å². The third kappa shape index (κ3) is 2.84. The molecule has 1 amide bonds. The molecule has 1 aliphatic rings. The molecule has 0 heterocycles. The van der Waals surface area contributed by atoms with Crippen LogP contribution in [0.5, 0.6) is 0 Å². The molecule has 0 saturated heterocycles. The number of carbonyl (C=O) groups excluding carboxylic acids is 1. The predicted molar refractivity (Wildman–Crippen MR) is 66.2 cm³/mol. The SMILES string of the molecule is CC(=O)Nc1cccc([C]2CCCCC2)c1. The number of hydrogen-bond donors (Lipinski definition) is 1. The van der Waals surface area contributed by atoms with Crippen LogP contribution in [0.1, 0.15) is 44.6 Å². The van der Waals surface area contributed by atoms with E-state index in [9.17, 15) is 4.79 Å². The zero-order valence-electron chi connectivity index (χ0n) is 9.75. The van der Waals surface area contributed by atoms with Crippen molar-refractivity contribution in [1.29, 1.82) is 0 Å². The van der Waals surface area contributed by atoms with Gasteiger partial charge < -0.3 is 5.32 Å². The van der Waals surface area contributed by atoms with Crippen molar-refractivity contribution in [3.63, 3.8) is 0 Å². The minimum absolute atomic E-state index is 0.00852. The monoisotopic (exact) mass is 216 g/mol. The first-order valence-electron chi connectivity index (χ1n) is 5.98. The molecule has 0 atom stereocenters. The van der Waals surface area contributed by atoms with Crippen LogP contribution >= 0.6 is 0 Å². The van der Waals surface area contributed by atoms with Gasteiger partial charge in [0.2, 0.25) is 5.91 Å². The Kier molecular flexibility index (Phi) is 3.60. The summed E-state index contributed by atoms with van der Waals surface area (Å²) in [7, 11) is 0. The summed E-state index contributed by atoms with van der Waals surface area (Å²) < 4.78 is 0. The molecule has 2 nitrogen and oxygen atoms in total. The van der Waals surface area contributed by atoms with Crippen LogP contribution in [0, 0.1) is 5.92 Å². The van der Waals surface area contributed by atoms with Gasteiger partial charge in [-0.25, -0.2) is 0 Å². The molecule has 16 heavy (non-hydrogen) atoms. The first-order chi connectivity index (χ1) is 7.75. The van der Waals surface area contributed by atoms with E-state index >= 15 is 0 Å². The van der Waals surface area contributed by atoms with E-state index in [0.29, 0.717) is 0 Å². The first kappa shape index (κ1) is 11.2. The Labute approximate surface area is 97.1 Å². The van der Waals surface area contributed by atoms with Crippen molar-refractivity contribution in [3.05, 3.63) is 35.7 Å². The molecule has 1 radical (unpaired) electrons. The molecule has 2 heteroatoms. The maximum Gasteiger partial charge on any atom is 0.221 e. The predicted octanol–water partition coefficient (Wildman–Crippen LogP) is 3.53. The molecule has 1 aliphatic carbocycles. The largest absolute Gasteiger partial charge is 0.326 e. The summed E-state index contributed by atoms with van der Waals surface area (Å²) in [5, 5.41) is 2.83. The summed E-state index contributed by atoms with van der Waals surface area (Å²) in [4.78, 5) is 11.0. The van der Waals surface area contributed by atoms with E-state index in [1.54, 1.807) is 12.8 Å². The highest BCUT2D eigenvalue weighted by Gasteiger charge is 2.16. The van der Waals surface area contributed by atoms with E-state index in [-0.39, 0.29) is 5.91 Å². The van der Waals surface area contributed by atoms with Gasteiger partial charge >= 0.3 is 0 Å². The fourth-order valence-corrected chi connectivity index (χ4v) is 2.29. The van der Waals surface area contributed by atoms with E-state index in [1.807, 2.05) is 12.1 Å². The van der Waals surface area contributed by atoms with E-state index in [4.69, 9.17) is 0 Å². The van der Waals surface area contributed by atoms with Crippen LogP contribution in [0.25, 0.3) is 0 Å². The zero-order valence-corrected chi connectivity index (χ0v) is 9.75. The van der Waals surface area contributed by atoms with Gasteiger partial charge in [0.15, 0.2) is 0 Å². The lowest BCUT2D eigenvalue weighted by atomic mass is 9.84. The van der Waals surface area contributed by atoms with Crippen molar-refractivity contribution in [2.24, 2.45) is 0 Å². The van der Waals surface area contributed by atoms with Gasteiger partial charge in [-0.05, 0) is 30.5 Å². The van der Waals surface area contributed by atoms with Crippen LogP contribution in [0.15, 0.2) is 24.3 Å². The third-order valence-electron chi connectivity index (χ3n) is 3.05. The minimum atomic E-state index is -0.00852. The lowest BCUT2D eigenvalue weighted by molar-refractivity contribution is -0.114. The number of amides is 1. The van der Waals surface area contributed by atoms with Crippen molar-refractivity contribution >= 4 is 11.6 Å². The summed E-state index contributed by atoms with van der Waals surface area (Å²) in [5.41, 5.74) is 2.20. The van der Waals surface area contributed by atoms with Crippen LogP contribution in [0.2, 0.25) is 0 Å². The van der Waals surface area contributed by atoms with Crippen LogP contribution in [-0.4, -0.2) is 5.91 Å². The number of hydrogen-bond acceptors (Lipinski definition) is 1. The molecule has 1 saturated carbocycles. The van der Waals surface area contributed by atoms with Gasteiger partial charge in [0.25, 0.3) is 0 Å². The Balaban J connectivity index is 2.11. The molecule has 1 aromatic carbocycles. The number of rotatable bonds is 2. The molecule has 0 bridgehead atoms. The topological polar surface area (TPSA) is 29.1 Å². The quantitative estimate of drug-likeness (QED) is 0.805. The highest BCUT2D eigenvalue weighted by atomic mass is 16.1. The first-order valence-corrected chi connectivity index (χ1v) is 5.98. The van der Waals surface area contributed by atoms with Crippen molar-refractivity contribution in [2.45, 2.75) is 39.0 Å². The van der Waals surface area contributed by atoms with Gasteiger partial charge in [-0.2, -0.15) is 0 Å². The Bertz CT molecular complexity index is 367. The molecule has 0 spiro atoms. The standard InChI is InChI=1S/C14H18NO/c1-11(16)15-14-9-5-8-13(10-14)12-6-3-2-4-7-12/h5,8-10H,2-4,6-7H2,1H3,(H,15,16). The van der Waals surface area contributed by atoms with Crippen LogP contribution in [-0.2, 0) is 4.79 Å². The lowest BCUT2D eigenvalue weighted by Crippen LogP contribution is -2.08. The number of nitrogens with one attached hydrogen (secondary N) is 1. The van der Waals surface area contributed by atoms with Crippen molar-refractivity contribution in [3.8, 4) is 0 Å². The Morgan fingerprint density at radius 3 is 2.62 bits per heavy atom. The molecule has 1 N–H and O–H groups in total. The Hall–Kier alpha value is -1.31. The second kappa shape index (κ2) is 5.15. The molecule has 85 valence electrons. The third-order valence-corrected chi connectivity index (χ3v) is 3.05. The molecule has 0 aromatic heterocycles. The van der Waals surface area contributed by atoms with Gasteiger partial charge in [-0.3, -0.25) is 4.79 Å². The highest BCUT2D eigenvalue weighted by Crippen LogP contribution is 2.32. The molecular formula is C14H18NO. The van der Waals surface area contributed by atoms with Gasteiger partial charge in [-0.15, -0.1) is 0 Å². The van der Waals surface area contributed by atoms with Crippen molar-refractivity contribution in [1.82, 2.24) is 0 Å². The maximum absolute atomic E-state index is 11.0. The normalized spacial score (nSPS) is 17.1. The summed E-state index contributed by atoms with van der Waals surface area (Å²) >= 11 is 0. The average molecular weight is 216 g/mol. The van der Waals surface area contributed by atoms with E-state index in [1.165, 1.54) is 37.7 Å². The molecule has 0 aliphatic heterocycles. The molecule has 2 rings (SSSR count). The minimum Gasteiger partial charge on any atom is -0.326 e. The smallest absolute Gasteiger partial charge is 0.221 e. The lowest BCUT2D eigenvalue weighted by Gasteiger charge is -2.21.